The predicted molar refractivity (Wildman–Crippen MR) is 133 cm³/mol. The van der Waals surface area contributed by atoms with Gasteiger partial charge in [-0.2, -0.15) is 4.99 Å². The van der Waals surface area contributed by atoms with E-state index in [0.717, 1.165) is 32.2 Å². The van der Waals surface area contributed by atoms with Crippen LogP contribution in [-0.2, 0) is 21.1 Å². The van der Waals surface area contributed by atoms with Gasteiger partial charge in [0.05, 0.1) is 10.7 Å². The minimum atomic E-state index is -0.472. The van der Waals surface area contributed by atoms with Crippen LogP contribution in [0.1, 0.15) is 55.3 Å². The van der Waals surface area contributed by atoms with Crippen LogP contribution in [0.2, 0.25) is 5.02 Å². The van der Waals surface area contributed by atoms with E-state index in [1.165, 1.54) is 30.2 Å². The van der Waals surface area contributed by atoms with Crippen molar-refractivity contribution in [1.29, 1.82) is 0 Å². The smallest absolute Gasteiger partial charge is 0.324 e. The third-order valence-electron chi connectivity index (χ3n) is 5.99. The van der Waals surface area contributed by atoms with Crippen LogP contribution in [-0.4, -0.2) is 34.9 Å². The Morgan fingerprint density at radius 2 is 2.00 bits per heavy atom. The number of benzene rings is 1. The molecule has 1 aromatic heterocycles. The summed E-state index contributed by atoms with van der Waals surface area (Å²) >= 11 is 7.59. The van der Waals surface area contributed by atoms with Crippen LogP contribution < -0.4 is 15.4 Å². The molecule has 0 radical (unpaired) electrons. The van der Waals surface area contributed by atoms with Crippen molar-refractivity contribution in [2.45, 2.75) is 57.7 Å². The van der Waals surface area contributed by atoms with E-state index in [2.05, 4.69) is 15.6 Å². The molecule has 2 N–H and O–H groups in total. The molecule has 2 aromatic rings. The van der Waals surface area contributed by atoms with Crippen molar-refractivity contribution in [2.24, 2.45) is 10.9 Å². The van der Waals surface area contributed by atoms with Gasteiger partial charge in [0, 0.05) is 23.6 Å². The van der Waals surface area contributed by atoms with Crippen molar-refractivity contribution in [3.05, 3.63) is 45.2 Å². The lowest BCUT2D eigenvalue weighted by molar-refractivity contribution is -0.149. The molecule has 0 bridgehead atoms. The average Bonchev–Trinajstić information content (AvgIpc) is 3.57. The molecule has 0 spiro atoms. The number of ether oxygens (including phenoxy) is 1. The zero-order valence-corrected chi connectivity index (χ0v) is 21.0. The van der Waals surface area contributed by atoms with Gasteiger partial charge in [-0.25, -0.2) is 0 Å². The first-order valence-electron chi connectivity index (χ1n) is 11.2. The molecular formula is C23H28Cl2N4O4S. The van der Waals surface area contributed by atoms with Crippen LogP contribution in [0.4, 0.5) is 5.69 Å². The van der Waals surface area contributed by atoms with Gasteiger partial charge in [0.1, 0.15) is 6.04 Å². The highest BCUT2D eigenvalue weighted by Crippen LogP contribution is 2.29. The van der Waals surface area contributed by atoms with Gasteiger partial charge in [-0.3, -0.25) is 19.0 Å². The highest BCUT2D eigenvalue weighted by atomic mass is 35.5. The molecule has 1 atom stereocenters. The Morgan fingerprint density at radius 3 is 2.71 bits per heavy atom. The first kappa shape index (κ1) is 26.4. The first-order chi connectivity index (χ1) is 16.0. The maximum Gasteiger partial charge on any atom is 0.324 e. The van der Waals surface area contributed by atoms with E-state index in [1.54, 1.807) is 28.3 Å². The minimum absolute atomic E-state index is 0. The summed E-state index contributed by atoms with van der Waals surface area (Å²) in [7, 11) is 0. The van der Waals surface area contributed by atoms with E-state index >= 15 is 0 Å². The molecule has 8 nitrogen and oxygen atoms in total. The molecule has 1 saturated carbocycles. The molecule has 0 unspecified atom stereocenters. The maximum atomic E-state index is 12.7. The Labute approximate surface area is 213 Å². The van der Waals surface area contributed by atoms with E-state index < -0.39 is 5.91 Å². The first-order valence-corrected chi connectivity index (χ1v) is 12.5. The van der Waals surface area contributed by atoms with E-state index in [1.807, 2.05) is 0 Å². The number of aromatic nitrogens is 1. The molecule has 2 amide bonds. The molecule has 2 aliphatic rings. The quantitative estimate of drug-likeness (QED) is 0.528. The number of amides is 2. The summed E-state index contributed by atoms with van der Waals surface area (Å²) in [5.41, 5.74) is 0.788. The summed E-state index contributed by atoms with van der Waals surface area (Å²) in [5, 5.41) is 7.99. The topological polar surface area (TPSA) is 102 Å². The molecule has 11 heteroatoms. The lowest BCUT2D eigenvalue weighted by Gasteiger charge is -2.11. The van der Waals surface area contributed by atoms with Gasteiger partial charge in [0.25, 0.3) is 5.91 Å². The molecular weight excluding hydrogens is 499 g/mol. The van der Waals surface area contributed by atoms with Crippen molar-refractivity contribution in [3.63, 3.8) is 0 Å². The SMILES string of the molecule is Cl.O=C(CC1CCCC1)Nc1ccc(C(=O)N=c2sccn2COC(=O)[C@@H]2CCCN2)cc1Cl. The van der Waals surface area contributed by atoms with Gasteiger partial charge in [0.15, 0.2) is 11.5 Å². The summed E-state index contributed by atoms with van der Waals surface area (Å²) in [5.74, 6) is -0.397. The number of thiazole rings is 1. The number of esters is 1. The highest BCUT2D eigenvalue weighted by molar-refractivity contribution is 7.07. The molecule has 1 saturated heterocycles. The number of halogens is 2. The Balaban J connectivity index is 0.00000324. The summed E-state index contributed by atoms with van der Waals surface area (Å²) in [4.78, 5) is 41.6. The molecule has 184 valence electrons. The molecule has 2 fully saturated rings. The van der Waals surface area contributed by atoms with Crippen molar-refractivity contribution in [3.8, 4) is 0 Å². The second kappa shape index (κ2) is 12.5. The average molecular weight is 527 g/mol. The number of carbonyl (C=O) groups is 3. The standard InChI is InChI=1S/C23H27ClN4O4S.ClH/c24-17-13-16(7-8-18(17)26-20(29)12-15-4-1-2-5-15)21(30)27-23-28(10-11-33-23)14-32-22(31)19-6-3-9-25-19;/h7-8,10-11,13,15,19,25H,1-6,9,12,14H2,(H,26,29);1H/t19-;/m0./s1. The largest absolute Gasteiger partial charge is 0.443 e. The van der Waals surface area contributed by atoms with Crippen molar-refractivity contribution in [1.82, 2.24) is 9.88 Å². The van der Waals surface area contributed by atoms with Crippen LogP contribution in [0.5, 0.6) is 0 Å². The fourth-order valence-corrected chi connectivity index (χ4v) is 5.13. The van der Waals surface area contributed by atoms with Gasteiger partial charge in [-0.15, -0.1) is 23.7 Å². The van der Waals surface area contributed by atoms with Crippen LogP contribution in [0.3, 0.4) is 0 Å². The predicted octanol–water partition coefficient (Wildman–Crippen LogP) is 4.14. The Hall–Kier alpha value is -2.20. The number of nitrogens with zero attached hydrogens (tertiary/aromatic N) is 2. The van der Waals surface area contributed by atoms with Gasteiger partial charge >= 0.3 is 5.97 Å². The normalized spacial score (nSPS) is 18.5. The van der Waals surface area contributed by atoms with Crippen molar-refractivity contribution < 1.29 is 19.1 Å². The molecule has 1 aliphatic heterocycles. The van der Waals surface area contributed by atoms with Crippen LogP contribution in [0, 0.1) is 5.92 Å². The number of hydrogen-bond donors (Lipinski definition) is 2. The third kappa shape index (κ3) is 6.91. The van der Waals surface area contributed by atoms with Crippen molar-refractivity contribution in [2.75, 3.05) is 11.9 Å². The fourth-order valence-electron chi connectivity index (χ4n) is 4.18. The number of anilines is 1. The summed E-state index contributed by atoms with van der Waals surface area (Å²) < 4.78 is 6.96. The molecule has 1 aliphatic carbocycles. The molecule has 4 rings (SSSR count). The van der Waals surface area contributed by atoms with Crippen molar-refractivity contribution >= 4 is 58.8 Å². The van der Waals surface area contributed by atoms with E-state index in [9.17, 15) is 14.4 Å². The van der Waals surface area contributed by atoms with E-state index in [-0.39, 0.29) is 42.1 Å². The lowest BCUT2D eigenvalue weighted by atomic mass is 10.0. The fraction of sp³-hybridized carbons (Fsp3) is 0.478. The van der Waals surface area contributed by atoms with Crippen LogP contribution >= 0.6 is 35.3 Å². The zero-order chi connectivity index (χ0) is 23.2. The van der Waals surface area contributed by atoms with Crippen LogP contribution in [0.15, 0.2) is 34.8 Å². The molecule has 2 heterocycles. The Kier molecular flexibility index (Phi) is 9.70. The molecule has 1 aromatic carbocycles. The number of carbonyl (C=O) groups excluding carboxylic acids is 3. The number of rotatable bonds is 7. The highest BCUT2D eigenvalue weighted by Gasteiger charge is 2.23. The van der Waals surface area contributed by atoms with Crippen LogP contribution in [0.25, 0.3) is 0 Å². The van der Waals surface area contributed by atoms with E-state index in [4.69, 9.17) is 16.3 Å². The Bertz CT molecular complexity index is 1090. The number of hydrogen-bond acceptors (Lipinski definition) is 6. The number of nitrogens with one attached hydrogen (secondary N) is 2. The minimum Gasteiger partial charge on any atom is -0.443 e. The second-order valence-corrected chi connectivity index (χ2v) is 9.69. The van der Waals surface area contributed by atoms with Gasteiger partial charge < -0.3 is 15.4 Å². The maximum absolute atomic E-state index is 12.7. The Morgan fingerprint density at radius 1 is 1.21 bits per heavy atom. The zero-order valence-electron chi connectivity index (χ0n) is 18.6. The summed E-state index contributed by atoms with van der Waals surface area (Å²) in [6.07, 6.45) is 8.47. The monoisotopic (exact) mass is 526 g/mol. The second-order valence-electron chi connectivity index (χ2n) is 8.41. The summed E-state index contributed by atoms with van der Waals surface area (Å²) in [6, 6.07) is 4.44. The van der Waals surface area contributed by atoms with Gasteiger partial charge in [-0.05, 0) is 56.3 Å². The lowest BCUT2D eigenvalue weighted by Crippen LogP contribution is -2.33. The molecule has 34 heavy (non-hydrogen) atoms. The summed E-state index contributed by atoms with van der Waals surface area (Å²) in [6.45, 7) is 0.797. The van der Waals surface area contributed by atoms with E-state index in [0.29, 0.717) is 28.4 Å². The van der Waals surface area contributed by atoms with Gasteiger partial charge in [-0.1, -0.05) is 24.4 Å². The van der Waals surface area contributed by atoms with Gasteiger partial charge in [0.2, 0.25) is 5.91 Å². The third-order valence-corrected chi connectivity index (χ3v) is 7.09.